The first-order valence-corrected chi connectivity index (χ1v) is 5.97. The minimum atomic E-state index is -0.256. The van der Waals surface area contributed by atoms with Gasteiger partial charge >= 0.3 is 0 Å². The Morgan fingerprint density at radius 2 is 2.25 bits per heavy atom. The summed E-state index contributed by atoms with van der Waals surface area (Å²) in [5.74, 6) is 0.255. The molecule has 1 heterocycles. The van der Waals surface area contributed by atoms with Gasteiger partial charge in [0.25, 0.3) is 5.91 Å². The summed E-state index contributed by atoms with van der Waals surface area (Å²) < 4.78 is 4.83. The Bertz CT molecular complexity index is 350. The van der Waals surface area contributed by atoms with Crippen LogP contribution in [0.15, 0.2) is 16.7 Å². The zero-order valence-electron chi connectivity index (χ0n) is 9.30. The average Bonchev–Trinajstić information content (AvgIpc) is 2.60. The molecule has 1 N–H and O–H groups in total. The van der Waals surface area contributed by atoms with Crippen molar-refractivity contribution in [3.8, 4) is 0 Å². The van der Waals surface area contributed by atoms with Crippen LogP contribution < -0.4 is 5.32 Å². The number of alkyl halides is 1. The highest BCUT2D eigenvalue weighted by atomic mass is 35.5. The molecule has 1 amide bonds. The van der Waals surface area contributed by atoms with Crippen LogP contribution in [-0.2, 0) is 0 Å². The van der Waals surface area contributed by atoms with E-state index in [1.165, 1.54) is 12.3 Å². The van der Waals surface area contributed by atoms with E-state index in [4.69, 9.17) is 27.6 Å². The van der Waals surface area contributed by atoms with E-state index in [0.29, 0.717) is 18.0 Å². The van der Waals surface area contributed by atoms with Gasteiger partial charge in [-0.15, -0.1) is 11.6 Å². The Morgan fingerprint density at radius 1 is 1.56 bits per heavy atom. The first-order chi connectivity index (χ1) is 7.50. The van der Waals surface area contributed by atoms with E-state index in [1.54, 1.807) is 0 Å². The monoisotopic (exact) mass is 263 g/mol. The van der Waals surface area contributed by atoms with Crippen molar-refractivity contribution in [3.05, 3.63) is 23.1 Å². The van der Waals surface area contributed by atoms with Crippen molar-refractivity contribution in [2.24, 2.45) is 5.92 Å². The Balaban J connectivity index is 2.39. The largest absolute Gasteiger partial charge is 0.452 e. The molecular weight excluding hydrogens is 249 g/mol. The molecule has 0 fully saturated rings. The number of halogens is 2. The number of hydrogen-bond acceptors (Lipinski definition) is 2. The van der Waals surface area contributed by atoms with E-state index in [2.05, 4.69) is 19.2 Å². The highest BCUT2D eigenvalue weighted by Crippen LogP contribution is 2.16. The Hall–Kier alpha value is -0.670. The summed E-state index contributed by atoms with van der Waals surface area (Å²) >= 11 is 11.7. The van der Waals surface area contributed by atoms with Gasteiger partial charge in [-0.25, -0.2) is 0 Å². The molecule has 3 nitrogen and oxygen atoms in total. The van der Waals surface area contributed by atoms with Crippen LogP contribution in [0.2, 0.25) is 5.22 Å². The summed E-state index contributed by atoms with van der Waals surface area (Å²) in [5, 5.41) is 2.76. The lowest BCUT2D eigenvalue weighted by Crippen LogP contribution is -2.30. The molecule has 1 atom stereocenters. The number of carbonyl (C=O) groups excluding carboxylic acids is 1. The Kier molecular flexibility index (Phi) is 5.16. The quantitative estimate of drug-likeness (QED) is 0.829. The van der Waals surface area contributed by atoms with Crippen LogP contribution in [0.5, 0.6) is 0 Å². The van der Waals surface area contributed by atoms with Crippen LogP contribution in [0.25, 0.3) is 0 Å². The minimum Gasteiger partial charge on any atom is -0.452 e. The second-order valence-electron chi connectivity index (χ2n) is 4.04. The minimum absolute atomic E-state index is 0.0605. The molecule has 0 bridgehead atoms. The lowest BCUT2D eigenvalue weighted by atomic mass is 10.1. The van der Waals surface area contributed by atoms with Crippen molar-refractivity contribution >= 4 is 29.1 Å². The second kappa shape index (κ2) is 6.16. The molecule has 0 aliphatic rings. The molecule has 1 aromatic rings. The van der Waals surface area contributed by atoms with Crippen molar-refractivity contribution in [2.45, 2.75) is 25.6 Å². The van der Waals surface area contributed by atoms with E-state index < -0.39 is 0 Å². The van der Waals surface area contributed by atoms with Crippen LogP contribution in [0.1, 0.15) is 30.6 Å². The van der Waals surface area contributed by atoms with Gasteiger partial charge < -0.3 is 9.73 Å². The summed E-state index contributed by atoms with van der Waals surface area (Å²) in [6, 6.07) is 1.53. The van der Waals surface area contributed by atoms with E-state index >= 15 is 0 Å². The lowest BCUT2D eigenvalue weighted by Gasteiger charge is -2.12. The molecular formula is C11H15Cl2NO2. The van der Waals surface area contributed by atoms with E-state index in [1.807, 2.05) is 0 Å². The molecule has 1 aromatic heterocycles. The Labute approximate surface area is 105 Å². The number of rotatable bonds is 5. The predicted molar refractivity (Wildman–Crippen MR) is 65.1 cm³/mol. The molecule has 0 aromatic carbocycles. The van der Waals surface area contributed by atoms with Crippen LogP contribution >= 0.6 is 23.2 Å². The fourth-order valence-electron chi connectivity index (χ4n) is 1.35. The van der Waals surface area contributed by atoms with Crippen LogP contribution in [0, 0.1) is 5.92 Å². The van der Waals surface area contributed by atoms with Gasteiger partial charge in [-0.1, -0.05) is 13.8 Å². The molecule has 0 aliphatic carbocycles. The van der Waals surface area contributed by atoms with Crippen molar-refractivity contribution < 1.29 is 9.21 Å². The maximum Gasteiger partial charge on any atom is 0.256 e. The van der Waals surface area contributed by atoms with Crippen molar-refractivity contribution in [2.75, 3.05) is 6.54 Å². The first kappa shape index (κ1) is 13.4. The molecule has 0 aliphatic heterocycles. The maximum absolute atomic E-state index is 11.6. The highest BCUT2D eigenvalue weighted by molar-refractivity contribution is 6.32. The van der Waals surface area contributed by atoms with Crippen LogP contribution in [0.4, 0.5) is 0 Å². The summed E-state index contributed by atoms with van der Waals surface area (Å²) in [4.78, 5) is 11.6. The van der Waals surface area contributed by atoms with Gasteiger partial charge in [-0.3, -0.25) is 4.79 Å². The third kappa shape index (κ3) is 4.06. The molecule has 1 rings (SSSR count). The highest BCUT2D eigenvalue weighted by Gasteiger charge is 2.14. The summed E-state index contributed by atoms with van der Waals surface area (Å²) in [7, 11) is 0. The molecule has 90 valence electrons. The number of amides is 1. The third-order valence-corrected chi connectivity index (χ3v) is 2.70. The van der Waals surface area contributed by atoms with Crippen molar-refractivity contribution in [1.82, 2.24) is 5.32 Å². The third-order valence-electron chi connectivity index (χ3n) is 2.07. The zero-order valence-corrected chi connectivity index (χ0v) is 10.8. The maximum atomic E-state index is 11.6. The van der Waals surface area contributed by atoms with Gasteiger partial charge in [-0.2, -0.15) is 0 Å². The molecule has 0 saturated heterocycles. The van der Waals surface area contributed by atoms with E-state index in [-0.39, 0.29) is 16.5 Å². The zero-order chi connectivity index (χ0) is 12.1. The van der Waals surface area contributed by atoms with Gasteiger partial charge in [0.1, 0.15) is 0 Å². The predicted octanol–water partition coefficient (Wildman–Crippen LogP) is 3.32. The summed E-state index contributed by atoms with van der Waals surface area (Å²) in [6.07, 6.45) is 2.24. The van der Waals surface area contributed by atoms with Gasteiger partial charge in [0, 0.05) is 6.54 Å². The first-order valence-electron chi connectivity index (χ1n) is 5.16. The molecule has 1 unspecified atom stereocenters. The topological polar surface area (TPSA) is 42.2 Å². The second-order valence-corrected chi connectivity index (χ2v) is 5.01. The molecule has 0 saturated carbocycles. The van der Waals surface area contributed by atoms with Gasteiger partial charge in [0.05, 0.1) is 17.2 Å². The summed E-state index contributed by atoms with van der Waals surface area (Å²) in [5.41, 5.74) is 0.343. The van der Waals surface area contributed by atoms with Crippen LogP contribution in [0.3, 0.4) is 0 Å². The van der Waals surface area contributed by atoms with E-state index in [0.717, 1.165) is 6.42 Å². The van der Waals surface area contributed by atoms with Crippen molar-refractivity contribution in [3.63, 3.8) is 0 Å². The smallest absolute Gasteiger partial charge is 0.256 e. The van der Waals surface area contributed by atoms with Crippen LogP contribution in [-0.4, -0.2) is 17.8 Å². The van der Waals surface area contributed by atoms with Gasteiger partial charge in [-0.05, 0) is 30.0 Å². The number of hydrogen-bond donors (Lipinski definition) is 1. The fourth-order valence-corrected chi connectivity index (χ4v) is 1.98. The van der Waals surface area contributed by atoms with Gasteiger partial charge in [0.2, 0.25) is 5.22 Å². The number of nitrogens with one attached hydrogen (secondary N) is 1. The SMILES string of the molecule is CC(C)CC(Cl)CNC(=O)c1ccoc1Cl. The van der Waals surface area contributed by atoms with E-state index in [9.17, 15) is 4.79 Å². The Morgan fingerprint density at radius 3 is 2.75 bits per heavy atom. The molecule has 0 radical (unpaired) electrons. The van der Waals surface area contributed by atoms with Crippen molar-refractivity contribution in [1.29, 1.82) is 0 Å². The lowest BCUT2D eigenvalue weighted by molar-refractivity contribution is 0.0952. The summed E-state index contributed by atoms with van der Waals surface area (Å²) in [6.45, 7) is 4.61. The molecule has 5 heteroatoms. The van der Waals surface area contributed by atoms with Gasteiger partial charge in [0.15, 0.2) is 0 Å². The standard InChI is InChI=1S/C11H15Cl2NO2/c1-7(2)5-8(12)6-14-11(15)9-3-4-16-10(9)13/h3-4,7-8H,5-6H2,1-2H3,(H,14,15). The number of carbonyl (C=O) groups is 1. The fraction of sp³-hybridized carbons (Fsp3) is 0.545. The number of furan rings is 1. The normalized spacial score (nSPS) is 12.8. The average molecular weight is 264 g/mol. The molecule has 16 heavy (non-hydrogen) atoms. The molecule has 0 spiro atoms.